The van der Waals surface area contributed by atoms with Gasteiger partial charge in [0.2, 0.25) is 0 Å². The van der Waals surface area contributed by atoms with Gasteiger partial charge in [0.1, 0.15) is 0 Å². The second-order valence-corrected chi connectivity index (χ2v) is 9.72. The molecule has 3 aromatic rings. The Morgan fingerprint density at radius 1 is 1.10 bits per heavy atom. The van der Waals surface area contributed by atoms with Crippen LogP contribution in [-0.4, -0.2) is 41.8 Å². The highest BCUT2D eigenvalue weighted by atomic mass is 32.2. The number of piperidine rings is 1. The van der Waals surface area contributed by atoms with Crippen LogP contribution in [0.4, 0.5) is 5.13 Å². The van der Waals surface area contributed by atoms with Gasteiger partial charge in [-0.15, -0.1) is 11.3 Å². The van der Waals surface area contributed by atoms with Gasteiger partial charge in [-0.3, -0.25) is 14.5 Å². The van der Waals surface area contributed by atoms with E-state index >= 15 is 0 Å². The summed E-state index contributed by atoms with van der Waals surface area (Å²) >= 11 is 1.20. The lowest BCUT2D eigenvalue weighted by molar-refractivity contribution is 0.0612. The first-order chi connectivity index (χ1) is 14.5. The van der Waals surface area contributed by atoms with Gasteiger partial charge < -0.3 is 4.90 Å². The summed E-state index contributed by atoms with van der Waals surface area (Å²) in [7, 11) is -3.74. The van der Waals surface area contributed by atoms with Crippen molar-refractivity contribution in [2.24, 2.45) is 0 Å². The molecule has 0 saturated carbocycles. The Hall–Kier alpha value is -2.78. The lowest BCUT2D eigenvalue weighted by Gasteiger charge is -2.36. The maximum Gasteiger partial charge on any atom is 0.263 e. The first kappa shape index (κ1) is 20.5. The fraction of sp³-hybridized carbons (Fsp3) is 0.286. The Bertz CT molecular complexity index is 1090. The van der Waals surface area contributed by atoms with E-state index in [-0.39, 0.29) is 16.8 Å². The summed E-state index contributed by atoms with van der Waals surface area (Å²) in [5.74, 6) is -0.0764. The highest BCUT2D eigenvalue weighted by Crippen LogP contribution is 2.24. The third-order valence-electron chi connectivity index (χ3n) is 5.12. The quantitative estimate of drug-likeness (QED) is 0.630. The van der Waals surface area contributed by atoms with Gasteiger partial charge in [0.25, 0.3) is 15.9 Å². The zero-order chi connectivity index (χ0) is 21.0. The Kier molecular flexibility index (Phi) is 6.10. The number of nitrogens with zero attached hydrogens (tertiary/aromatic N) is 3. The van der Waals surface area contributed by atoms with Crippen LogP contribution in [-0.2, 0) is 16.4 Å². The number of amides is 1. The number of thiazole rings is 1. The number of sulfonamides is 1. The average Bonchev–Trinajstić information content (AvgIpc) is 3.27. The molecule has 1 unspecified atom stereocenters. The van der Waals surface area contributed by atoms with Crippen LogP contribution in [0.15, 0.2) is 65.1 Å². The molecule has 1 amide bonds. The number of carbonyl (C=O) groups excluding carboxylic acids is 1. The first-order valence-corrected chi connectivity index (χ1v) is 12.1. The molecule has 0 radical (unpaired) electrons. The van der Waals surface area contributed by atoms with Crippen molar-refractivity contribution in [1.29, 1.82) is 0 Å². The minimum Gasteiger partial charge on any atom is -0.335 e. The van der Waals surface area contributed by atoms with Gasteiger partial charge in [-0.05, 0) is 55.7 Å². The van der Waals surface area contributed by atoms with Crippen LogP contribution in [0.3, 0.4) is 0 Å². The van der Waals surface area contributed by atoms with Gasteiger partial charge in [-0.1, -0.05) is 6.07 Å². The van der Waals surface area contributed by atoms with Gasteiger partial charge in [0.15, 0.2) is 5.13 Å². The Morgan fingerprint density at radius 2 is 1.93 bits per heavy atom. The topological polar surface area (TPSA) is 92.3 Å². The summed E-state index contributed by atoms with van der Waals surface area (Å²) in [6.07, 6.45) is 7.01. The smallest absolute Gasteiger partial charge is 0.263 e. The average molecular weight is 443 g/mol. The van der Waals surface area contributed by atoms with Crippen molar-refractivity contribution in [2.75, 3.05) is 11.3 Å². The molecule has 9 heteroatoms. The van der Waals surface area contributed by atoms with Crippen LogP contribution >= 0.6 is 11.3 Å². The molecule has 7 nitrogen and oxygen atoms in total. The maximum absolute atomic E-state index is 13.1. The van der Waals surface area contributed by atoms with Gasteiger partial charge in [0, 0.05) is 48.0 Å². The van der Waals surface area contributed by atoms with Gasteiger partial charge in [-0.25, -0.2) is 13.4 Å². The number of aromatic nitrogens is 2. The van der Waals surface area contributed by atoms with Crippen molar-refractivity contribution in [3.05, 3.63) is 71.5 Å². The summed E-state index contributed by atoms with van der Waals surface area (Å²) in [4.78, 5) is 23.5. The highest BCUT2D eigenvalue weighted by molar-refractivity contribution is 7.93. The second-order valence-electron chi connectivity index (χ2n) is 7.14. The second kappa shape index (κ2) is 8.93. The van der Waals surface area contributed by atoms with Crippen molar-refractivity contribution in [2.45, 2.75) is 36.6 Å². The molecule has 1 saturated heterocycles. The first-order valence-electron chi connectivity index (χ1n) is 9.76. The molecule has 1 aliphatic rings. The van der Waals surface area contributed by atoms with Gasteiger partial charge in [-0.2, -0.15) is 0 Å². The lowest BCUT2D eigenvalue weighted by atomic mass is 9.96. The van der Waals surface area contributed by atoms with Gasteiger partial charge >= 0.3 is 0 Å². The van der Waals surface area contributed by atoms with Crippen LogP contribution in [0.25, 0.3) is 0 Å². The third-order valence-corrected chi connectivity index (χ3v) is 7.30. The van der Waals surface area contributed by atoms with Crippen molar-refractivity contribution < 1.29 is 13.2 Å². The van der Waals surface area contributed by atoms with Gasteiger partial charge in [0.05, 0.1) is 4.90 Å². The molecule has 0 spiro atoms. The predicted molar refractivity (Wildman–Crippen MR) is 116 cm³/mol. The molecule has 1 N–H and O–H groups in total. The number of nitrogens with one attached hydrogen (secondary N) is 1. The number of benzene rings is 1. The zero-order valence-electron chi connectivity index (χ0n) is 16.3. The molecule has 1 fully saturated rings. The van der Waals surface area contributed by atoms with E-state index in [1.165, 1.54) is 29.7 Å². The van der Waals surface area contributed by atoms with Crippen molar-refractivity contribution >= 4 is 32.4 Å². The normalized spacial score (nSPS) is 16.9. The number of pyridine rings is 1. The number of anilines is 1. The fourth-order valence-corrected chi connectivity index (χ4v) is 5.42. The molecule has 0 bridgehead atoms. The standard InChI is InChI=1S/C21H22N4O3S2/c26-20(25-13-4-2-6-18(25)15-17-5-1-3-11-22-17)16-7-9-19(10-8-16)30(27,28)24-21-23-12-14-29-21/h1,3,5,7-12,14,18H,2,4,6,13,15H2,(H,23,24). The largest absolute Gasteiger partial charge is 0.335 e. The molecular formula is C21H22N4O3S2. The van der Waals surface area contributed by atoms with Crippen LogP contribution in [0, 0.1) is 0 Å². The van der Waals surface area contributed by atoms with E-state index in [2.05, 4.69) is 14.7 Å². The summed E-state index contributed by atoms with van der Waals surface area (Å²) in [6.45, 7) is 0.696. The minimum atomic E-state index is -3.74. The molecular weight excluding hydrogens is 420 g/mol. The van der Waals surface area contributed by atoms with Crippen LogP contribution < -0.4 is 4.72 Å². The molecule has 3 heterocycles. The van der Waals surface area contributed by atoms with E-state index in [0.29, 0.717) is 17.2 Å². The van der Waals surface area contributed by atoms with E-state index < -0.39 is 10.0 Å². The maximum atomic E-state index is 13.1. The summed E-state index contributed by atoms with van der Waals surface area (Å²) in [5, 5.41) is 2.00. The number of hydrogen-bond donors (Lipinski definition) is 1. The van der Waals surface area contributed by atoms with E-state index in [1.54, 1.807) is 23.7 Å². The van der Waals surface area contributed by atoms with Crippen molar-refractivity contribution in [1.82, 2.24) is 14.9 Å². The third kappa shape index (κ3) is 4.68. The SMILES string of the molecule is O=C(c1ccc(S(=O)(=O)Nc2nccs2)cc1)N1CCCCC1Cc1ccccn1. The van der Waals surface area contributed by atoms with Crippen LogP contribution in [0.2, 0.25) is 0 Å². The summed E-state index contributed by atoms with van der Waals surface area (Å²) in [5.41, 5.74) is 1.45. The van der Waals surface area contributed by atoms with Crippen LogP contribution in [0.1, 0.15) is 35.3 Å². The van der Waals surface area contributed by atoms with E-state index in [4.69, 9.17) is 0 Å². The molecule has 1 aromatic carbocycles. The molecule has 156 valence electrons. The number of carbonyl (C=O) groups is 1. The zero-order valence-corrected chi connectivity index (χ0v) is 17.9. The monoisotopic (exact) mass is 442 g/mol. The molecule has 4 rings (SSSR count). The summed E-state index contributed by atoms with van der Waals surface area (Å²) < 4.78 is 27.4. The Labute approximate surface area is 179 Å². The highest BCUT2D eigenvalue weighted by Gasteiger charge is 2.28. The van der Waals surface area contributed by atoms with Crippen molar-refractivity contribution in [3.8, 4) is 0 Å². The lowest BCUT2D eigenvalue weighted by Crippen LogP contribution is -2.45. The number of rotatable bonds is 6. The number of likely N-dealkylation sites (tertiary alicyclic amines) is 1. The van der Waals surface area contributed by atoms with Crippen molar-refractivity contribution in [3.63, 3.8) is 0 Å². The minimum absolute atomic E-state index is 0.0764. The van der Waals surface area contributed by atoms with E-state index in [1.807, 2.05) is 23.1 Å². The Balaban J connectivity index is 1.49. The molecule has 0 aliphatic carbocycles. The van der Waals surface area contributed by atoms with Crippen LogP contribution in [0.5, 0.6) is 0 Å². The van der Waals surface area contributed by atoms with E-state index in [9.17, 15) is 13.2 Å². The molecule has 2 aromatic heterocycles. The number of hydrogen-bond acceptors (Lipinski definition) is 6. The molecule has 1 aliphatic heterocycles. The fourth-order valence-electron chi connectivity index (χ4n) is 3.63. The Morgan fingerprint density at radius 3 is 2.63 bits per heavy atom. The molecule has 1 atom stereocenters. The van der Waals surface area contributed by atoms with E-state index in [0.717, 1.165) is 31.4 Å². The predicted octanol–water partition coefficient (Wildman–Crippen LogP) is 3.58. The molecule has 30 heavy (non-hydrogen) atoms. The summed E-state index contributed by atoms with van der Waals surface area (Å²) in [6, 6.07) is 12.0.